The molecular weight excluding hydrogens is 162 g/mol. The Labute approximate surface area is 79.2 Å². The van der Waals surface area contributed by atoms with Crippen molar-refractivity contribution in [1.82, 2.24) is 4.90 Å². The molecule has 0 aromatic rings. The van der Waals surface area contributed by atoms with Gasteiger partial charge in [-0.15, -0.1) is 0 Å². The molecule has 0 aromatic heterocycles. The van der Waals surface area contributed by atoms with Gasteiger partial charge in [-0.2, -0.15) is 0 Å². The molecule has 1 rings (SSSR count). The highest BCUT2D eigenvalue weighted by Gasteiger charge is 1.97. The average molecular weight is 177 g/mol. The van der Waals surface area contributed by atoms with Crippen molar-refractivity contribution < 1.29 is 5.11 Å². The van der Waals surface area contributed by atoms with Crippen molar-refractivity contribution in [2.24, 2.45) is 0 Å². The number of hydrogen-bond donors (Lipinski definition) is 1. The number of aliphatic hydroxyl groups excluding tert-OH is 1. The highest BCUT2D eigenvalue weighted by atomic mass is 16.3. The van der Waals surface area contributed by atoms with Crippen LogP contribution in [0.3, 0.4) is 0 Å². The van der Waals surface area contributed by atoms with Crippen molar-refractivity contribution in [1.29, 1.82) is 0 Å². The zero-order valence-electron chi connectivity index (χ0n) is 8.07. The third-order valence-electron chi connectivity index (χ3n) is 1.82. The van der Waals surface area contributed by atoms with Gasteiger partial charge in [0.1, 0.15) is 0 Å². The van der Waals surface area contributed by atoms with Crippen LogP contribution in [0.25, 0.3) is 0 Å². The summed E-state index contributed by atoms with van der Waals surface area (Å²) in [6, 6.07) is 0. The van der Waals surface area contributed by atoms with E-state index in [9.17, 15) is 5.11 Å². The molecule has 1 aliphatic rings. The average Bonchev–Trinajstić information content (AvgIpc) is 2.09. The Hall–Kier alpha value is -1.44. The Balaban J connectivity index is 2.88. The largest absolute Gasteiger partial charge is 0.494 e. The maximum absolute atomic E-state index is 9.48. The molecule has 0 atom stereocenters. The van der Waals surface area contributed by atoms with Crippen molar-refractivity contribution >= 4 is 0 Å². The van der Waals surface area contributed by atoms with Crippen LogP contribution in [0.15, 0.2) is 48.0 Å². The number of aliphatic hydroxyl groups is 1. The first-order chi connectivity index (χ1) is 6.20. The zero-order chi connectivity index (χ0) is 9.68. The maximum atomic E-state index is 9.48. The fourth-order valence-electron chi connectivity index (χ4n) is 1.11. The van der Waals surface area contributed by atoms with E-state index >= 15 is 0 Å². The first kappa shape index (κ1) is 9.65. The number of hydrogen-bond acceptors (Lipinski definition) is 2. The van der Waals surface area contributed by atoms with Crippen molar-refractivity contribution in [3.05, 3.63) is 48.0 Å². The normalized spacial score (nSPS) is 31.1. The number of allylic oxidation sites excluding steroid dienone is 6. The minimum Gasteiger partial charge on any atom is -0.494 e. The Morgan fingerprint density at radius 3 is 2.85 bits per heavy atom. The van der Waals surface area contributed by atoms with Gasteiger partial charge in [0.15, 0.2) is 5.88 Å². The molecule has 2 nitrogen and oxygen atoms in total. The third-order valence-corrected chi connectivity index (χ3v) is 1.82. The first-order valence-electron chi connectivity index (χ1n) is 4.33. The van der Waals surface area contributed by atoms with E-state index in [1.54, 1.807) is 11.0 Å². The van der Waals surface area contributed by atoms with E-state index < -0.39 is 0 Å². The predicted octanol–water partition coefficient (Wildman–Crippen LogP) is 2.74. The molecule has 0 radical (unpaired) electrons. The van der Waals surface area contributed by atoms with Gasteiger partial charge in [0.05, 0.1) is 0 Å². The molecule has 1 N–H and O–H groups in total. The van der Waals surface area contributed by atoms with Gasteiger partial charge in [-0.25, -0.2) is 0 Å². The van der Waals surface area contributed by atoms with Gasteiger partial charge in [0, 0.05) is 13.2 Å². The summed E-state index contributed by atoms with van der Waals surface area (Å²) in [5.41, 5.74) is 1.22. The van der Waals surface area contributed by atoms with Gasteiger partial charge in [0.2, 0.25) is 0 Å². The molecule has 0 saturated carbocycles. The molecule has 0 spiro atoms. The van der Waals surface area contributed by atoms with E-state index in [0.29, 0.717) is 0 Å². The molecule has 1 aliphatic heterocycles. The van der Waals surface area contributed by atoms with Gasteiger partial charge in [-0.05, 0) is 19.4 Å². The van der Waals surface area contributed by atoms with E-state index in [0.717, 1.165) is 6.42 Å². The molecule has 0 aromatic carbocycles. The third kappa shape index (κ3) is 3.20. The molecule has 13 heavy (non-hydrogen) atoms. The Morgan fingerprint density at radius 2 is 2.08 bits per heavy atom. The number of rotatable bonds is 0. The predicted molar refractivity (Wildman–Crippen MR) is 55.1 cm³/mol. The molecule has 0 amide bonds. The van der Waals surface area contributed by atoms with E-state index in [1.165, 1.54) is 5.57 Å². The lowest BCUT2D eigenvalue weighted by Gasteiger charge is -2.13. The van der Waals surface area contributed by atoms with Crippen molar-refractivity contribution in [3.63, 3.8) is 0 Å². The van der Waals surface area contributed by atoms with E-state index in [2.05, 4.69) is 6.08 Å². The molecule has 0 fully saturated rings. The van der Waals surface area contributed by atoms with Gasteiger partial charge in [-0.3, -0.25) is 0 Å². The summed E-state index contributed by atoms with van der Waals surface area (Å²) in [5.74, 6) is 0.255. The highest BCUT2D eigenvalue weighted by Crippen LogP contribution is 2.07. The summed E-state index contributed by atoms with van der Waals surface area (Å²) < 4.78 is 0. The Bertz CT molecular complexity index is 284. The lowest BCUT2D eigenvalue weighted by atomic mass is 10.2. The van der Waals surface area contributed by atoms with Crippen molar-refractivity contribution in [3.8, 4) is 0 Å². The second-order valence-electron chi connectivity index (χ2n) is 3.13. The van der Waals surface area contributed by atoms with Crippen molar-refractivity contribution in [2.75, 3.05) is 7.05 Å². The first-order valence-corrected chi connectivity index (χ1v) is 4.33. The standard InChI is InChI=1S/C11H15NO/c1-10-7-5-3-4-6-8-11(13)12(2)9-10/h3-6,8-9,13H,7H2,1-2H3/b5-3+,6-4-,10-9-,11-8-. The van der Waals surface area contributed by atoms with Gasteiger partial charge >= 0.3 is 0 Å². The zero-order valence-corrected chi connectivity index (χ0v) is 8.07. The highest BCUT2D eigenvalue weighted by molar-refractivity contribution is 5.18. The van der Waals surface area contributed by atoms with E-state index in [4.69, 9.17) is 0 Å². The summed E-state index contributed by atoms with van der Waals surface area (Å²) in [6.07, 6.45) is 12.3. The van der Waals surface area contributed by atoms with Gasteiger partial charge in [-0.1, -0.05) is 29.9 Å². The minimum atomic E-state index is 0.255. The summed E-state index contributed by atoms with van der Waals surface area (Å²) in [5, 5.41) is 9.48. The fourth-order valence-corrected chi connectivity index (χ4v) is 1.11. The monoisotopic (exact) mass is 177 g/mol. The SMILES string of the molecule is C/C1=C/N(C)/C(O)=C/C=C\C=C\C1. The minimum absolute atomic E-state index is 0.255. The summed E-state index contributed by atoms with van der Waals surface area (Å²) >= 11 is 0. The summed E-state index contributed by atoms with van der Waals surface area (Å²) in [7, 11) is 1.83. The number of nitrogens with zero attached hydrogens (tertiary/aromatic N) is 1. The van der Waals surface area contributed by atoms with Crippen LogP contribution >= 0.6 is 0 Å². The summed E-state index contributed by atoms with van der Waals surface area (Å²) in [6.45, 7) is 2.04. The molecule has 0 aliphatic carbocycles. The van der Waals surface area contributed by atoms with Crippen LogP contribution in [0, 0.1) is 0 Å². The molecule has 70 valence electrons. The topological polar surface area (TPSA) is 23.5 Å². The Kier molecular flexibility index (Phi) is 3.38. The molecule has 1 heterocycles. The van der Waals surface area contributed by atoms with Crippen LogP contribution in [0.5, 0.6) is 0 Å². The van der Waals surface area contributed by atoms with E-state index in [-0.39, 0.29) is 5.88 Å². The van der Waals surface area contributed by atoms with Crippen LogP contribution in [-0.2, 0) is 0 Å². The molecule has 0 saturated heterocycles. The van der Waals surface area contributed by atoms with Gasteiger partial charge < -0.3 is 10.0 Å². The Morgan fingerprint density at radius 1 is 1.31 bits per heavy atom. The fraction of sp³-hybridized carbons (Fsp3) is 0.273. The summed E-state index contributed by atoms with van der Waals surface area (Å²) in [4.78, 5) is 1.71. The van der Waals surface area contributed by atoms with Crippen LogP contribution in [-0.4, -0.2) is 17.1 Å². The second kappa shape index (κ2) is 4.55. The van der Waals surface area contributed by atoms with Crippen LogP contribution in [0.1, 0.15) is 13.3 Å². The molecule has 0 unspecified atom stereocenters. The lowest BCUT2D eigenvalue weighted by Crippen LogP contribution is -2.10. The molecular formula is C11H15NO. The lowest BCUT2D eigenvalue weighted by molar-refractivity contribution is 0.282. The van der Waals surface area contributed by atoms with Crippen LogP contribution in [0.4, 0.5) is 0 Å². The quantitative estimate of drug-likeness (QED) is 0.615. The van der Waals surface area contributed by atoms with Crippen LogP contribution in [0.2, 0.25) is 0 Å². The van der Waals surface area contributed by atoms with Crippen LogP contribution < -0.4 is 0 Å². The van der Waals surface area contributed by atoms with Gasteiger partial charge in [0.25, 0.3) is 0 Å². The second-order valence-corrected chi connectivity index (χ2v) is 3.13. The molecule has 0 bridgehead atoms. The van der Waals surface area contributed by atoms with Crippen molar-refractivity contribution in [2.45, 2.75) is 13.3 Å². The smallest absolute Gasteiger partial charge is 0.190 e. The van der Waals surface area contributed by atoms with E-state index in [1.807, 2.05) is 38.4 Å². The molecule has 2 heteroatoms. The maximum Gasteiger partial charge on any atom is 0.190 e.